The maximum atomic E-state index is 13.0. The zero-order chi connectivity index (χ0) is 16.1. The third kappa shape index (κ3) is 2.04. The van der Waals surface area contributed by atoms with Crippen molar-refractivity contribution in [1.82, 2.24) is 20.0 Å². The van der Waals surface area contributed by atoms with Crippen molar-refractivity contribution < 1.29 is 9.59 Å². The number of nitrogens with zero attached hydrogens (tertiary/aromatic N) is 3. The number of aryl methyl sites for hydroxylation is 2. The second-order valence-corrected chi connectivity index (χ2v) is 6.53. The highest BCUT2D eigenvalue weighted by Crippen LogP contribution is 2.50. The van der Waals surface area contributed by atoms with Gasteiger partial charge in [0.1, 0.15) is 5.41 Å². The molecule has 2 heterocycles. The largest absolute Gasteiger partial charge is 0.358 e. The van der Waals surface area contributed by atoms with Gasteiger partial charge < -0.3 is 10.2 Å². The fourth-order valence-electron chi connectivity index (χ4n) is 3.76. The van der Waals surface area contributed by atoms with Crippen LogP contribution in [0.1, 0.15) is 48.7 Å². The van der Waals surface area contributed by atoms with E-state index in [1.165, 1.54) is 0 Å². The summed E-state index contributed by atoms with van der Waals surface area (Å²) in [6.07, 6.45) is 3.26. The quantitative estimate of drug-likeness (QED) is 0.854. The molecule has 0 bridgehead atoms. The Kier molecular flexibility index (Phi) is 3.50. The summed E-state index contributed by atoms with van der Waals surface area (Å²) in [5.74, 6) is -0.139. The molecule has 1 atom stereocenters. The van der Waals surface area contributed by atoms with Crippen LogP contribution in [0.4, 0.5) is 0 Å². The Balaban J connectivity index is 1.91. The zero-order valence-electron chi connectivity index (χ0n) is 13.8. The van der Waals surface area contributed by atoms with Gasteiger partial charge in [-0.25, -0.2) is 0 Å². The fourth-order valence-corrected chi connectivity index (χ4v) is 3.76. The van der Waals surface area contributed by atoms with Gasteiger partial charge in [0.25, 0.3) is 0 Å². The van der Waals surface area contributed by atoms with Crippen molar-refractivity contribution in [2.24, 2.45) is 12.5 Å². The molecular weight excluding hydrogens is 280 g/mol. The van der Waals surface area contributed by atoms with E-state index in [-0.39, 0.29) is 17.9 Å². The molecule has 2 fully saturated rings. The molecule has 0 aromatic carbocycles. The number of likely N-dealkylation sites (tertiary alicyclic amines) is 1. The summed E-state index contributed by atoms with van der Waals surface area (Å²) in [7, 11) is 3.53. The molecule has 1 aromatic heterocycles. The number of hydrogen-bond acceptors (Lipinski definition) is 3. The molecule has 1 aromatic rings. The maximum Gasteiger partial charge on any atom is 0.238 e. The van der Waals surface area contributed by atoms with E-state index in [0.29, 0.717) is 12.8 Å². The Morgan fingerprint density at radius 2 is 2.00 bits per heavy atom. The van der Waals surface area contributed by atoms with E-state index in [4.69, 9.17) is 0 Å². The predicted octanol–water partition coefficient (Wildman–Crippen LogP) is 1.23. The maximum absolute atomic E-state index is 13.0. The highest BCUT2D eigenvalue weighted by Gasteiger charge is 2.59. The Bertz CT molecular complexity index is 630. The van der Waals surface area contributed by atoms with Gasteiger partial charge in [-0.05, 0) is 39.5 Å². The van der Waals surface area contributed by atoms with Gasteiger partial charge in [0.2, 0.25) is 11.8 Å². The molecule has 1 saturated carbocycles. The normalized spacial score (nSPS) is 22.7. The van der Waals surface area contributed by atoms with Gasteiger partial charge >= 0.3 is 0 Å². The first-order valence-electron chi connectivity index (χ1n) is 7.95. The van der Waals surface area contributed by atoms with Crippen LogP contribution in [0.15, 0.2) is 0 Å². The van der Waals surface area contributed by atoms with Crippen molar-refractivity contribution in [3.63, 3.8) is 0 Å². The lowest BCUT2D eigenvalue weighted by molar-refractivity contribution is -0.144. The second kappa shape index (κ2) is 5.11. The van der Waals surface area contributed by atoms with Crippen molar-refractivity contribution in [1.29, 1.82) is 0 Å². The lowest BCUT2D eigenvalue weighted by atomic mass is 9.99. The number of nitrogens with one attached hydrogen (secondary N) is 1. The van der Waals surface area contributed by atoms with E-state index in [0.717, 1.165) is 36.3 Å². The van der Waals surface area contributed by atoms with Crippen LogP contribution in [0.5, 0.6) is 0 Å². The lowest BCUT2D eigenvalue weighted by Gasteiger charge is -2.28. The van der Waals surface area contributed by atoms with E-state index in [9.17, 15) is 9.59 Å². The van der Waals surface area contributed by atoms with Crippen LogP contribution in [0.25, 0.3) is 0 Å². The van der Waals surface area contributed by atoms with Crippen LogP contribution < -0.4 is 5.32 Å². The molecular formula is C16H24N4O2. The molecule has 1 unspecified atom stereocenters. The van der Waals surface area contributed by atoms with Crippen LogP contribution in [-0.4, -0.2) is 40.1 Å². The van der Waals surface area contributed by atoms with E-state index in [2.05, 4.69) is 10.4 Å². The Morgan fingerprint density at radius 1 is 1.32 bits per heavy atom. The van der Waals surface area contributed by atoms with Crippen molar-refractivity contribution in [2.45, 2.75) is 45.6 Å². The molecule has 3 rings (SSSR count). The molecule has 1 N–H and O–H groups in total. The molecule has 0 spiro atoms. The van der Waals surface area contributed by atoms with Crippen LogP contribution in [0.3, 0.4) is 0 Å². The van der Waals surface area contributed by atoms with Gasteiger partial charge in [-0.2, -0.15) is 5.10 Å². The molecule has 1 aliphatic carbocycles. The average Bonchev–Trinajstić information content (AvgIpc) is 3.11. The summed E-state index contributed by atoms with van der Waals surface area (Å²) >= 11 is 0. The number of hydrogen-bond donors (Lipinski definition) is 1. The van der Waals surface area contributed by atoms with Gasteiger partial charge in [0, 0.05) is 31.9 Å². The molecule has 120 valence electrons. The Hall–Kier alpha value is -1.85. The molecule has 0 radical (unpaired) electrons. The SMILES string of the molecule is CNC(=O)C1(C(=O)N2CCCC2c2c(C)nn(C)c2C)CC1. The minimum atomic E-state index is -0.804. The van der Waals surface area contributed by atoms with Crippen LogP contribution in [-0.2, 0) is 16.6 Å². The van der Waals surface area contributed by atoms with Gasteiger partial charge in [0.15, 0.2) is 0 Å². The minimum Gasteiger partial charge on any atom is -0.358 e. The molecule has 2 amide bonds. The number of carbonyl (C=O) groups excluding carboxylic acids is 2. The van der Waals surface area contributed by atoms with Gasteiger partial charge in [-0.3, -0.25) is 14.3 Å². The first-order chi connectivity index (χ1) is 10.4. The molecule has 6 nitrogen and oxygen atoms in total. The predicted molar refractivity (Wildman–Crippen MR) is 82.1 cm³/mol. The molecule has 2 aliphatic rings. The first kappa shape index (κ1) is 15.1. The number of carbonyl (C=O) groups is 2. The van der Waals surface area contributed by atoms with Crippen molar-refractivity contribution in [3.05, 3.63) is 17.0 Å². The number of aromatic nitrogens is 2. The van der Waals surface area contributed by atoms with Crippen molar-refractivity contribution in [3.8, 4) is 0 Å². The zero-order valence-corrected chi connectivity index (χ0v) is 13.8. The van der Waals surface area contributed by atoms with Crippen LogP contribution in [0, 0.1) is 19.3 Å². The third-order valence-corrected chi connectivity index (χ3v) is 5.23. The summed E-state index contributed by atoms with van der Waals surface area (Å²) in [6, 6.07) is 0.0586. The highest BCUT2D eigenvalue weighted by molar-refractivity contribution is 6.08. The first-order valence-corrected chi connectivity index (χ1v) is 7.95. The average molecular weight is 304 g/mol. The van der Waals surface area contributed by atoms with Gasteiger partial charge in [-0.1, -0.05) is 0 Å². The fraction of sp³-hybridized carbons (Fsp3) is 0.688. The van der Waals surface area contributed by atoms with Crippen LogP contribution in [0.2, 0.25) is 0 Å². The third-order valence-electron chi connectivity index (χ3n) is 5.23. The van der Waals surface area contributed by atoms with E-state index in [1.54, 1.807) is 7.05 Å². The van der Waals surface area contributed by atoms with E-state index < -0.39 is 5.41 Å². The second-order valence-electron chi connectivity index (χ2n) is 6.53. The monoisotopic (exact) mass is 304 g/mol. The summed E-state index contributed by atoms with van der Waals surface area (Å²) in [4.78, 5) is 27.0. The smallest absolute Gasteiger partial charge is 0.238 e. The van der Waals surface area contributed by atoms with Crippen molar-refractivity contribution in [2.75, 3.05) is 13.6 Å². The highest BCUT2D eigenvalue weighted by atomic mass is 16.2. The summed E-state index contributed by atoms with van der Waals surface area (Å²) in [5.41, 5.74) is 2.43. The van der Waals surface area contributed by atoms with Crippen molar-refractivity contribution >= 4 is 11.8 Å². The van der Waals surface area contributed by atoms with Gasteiger partial charge in [0.05, 0.1) is 11.7 Å². The number of rotatable bonds is 3. The Labute approximate surface area is 130 Å². The standard InChI is InChI=1S/C16H24N4O2/c1-10-13(11(2)19(4)18-10)12-6-5-9-20(12)15(22)16(7-8-16)14(21)17-3/h12H,5-9H2,1-4H3,(H,17,21). The summed E-state index contributed by atoms with van der Waals surface area (Å²) in [5, 5.41) is 7.13. The molecule has 1 saturated heterocycles. The van der Waals surface area contributed by atoms with Crippen LogP contribution >= 0.6 is 0 Å². The Morgan fingerprint density at radius 3 is 2.50 bits per heavy atom. The van der Waals surface area contributed by atoms with Gasteiger partial charge in [-0.15, -0.1) is 0 Å². The topological polar surface area (TPSA) is 67.2 Å². The summed E-state index contributed by atoms with van der Waals surface area (Å²) < 4.78 is 1.87. The number of amides is 2. The molecule has 22 heavy (non-hydrogen) atoms. The molecule has 1 aliphatic heterocycles. The van der Waals surface area contributed by atoms with E-state index in [1.807, 2.05) is 30.5 Å². The molecule has 6 heteroatoms. The summed E-state index contributed by atoms with van der Waals surface area (Å²) in [6.45, 7) is 4.77. The minimum absolute atomic E-state index is 0.00277. The lowest BCUT2D eigenvalue weighted by Crippen LogP contribution is -2.44. The van der Waals surface area contributed by atoms with E-state index >= 15 is 0 Å².